The smallest absolute Gasteiger partial charge is 0.00188 e. The van der Waals surface area contributed by atoms with Gasteiger partial charge in [-0.2, -0.15) is 12.6 Å². The highest BCUT2D eigenvalue weighted by molar-refractivity contribution is 7.80. The van der Waals surface area contributed by atoms with Crippen LogP contribution in [0.3, 0.4) is 0 Å². The Labute approximate surface area is 115 Å². The first-order valence-corrected chi connectivity index (χ1v) is 7.20. The predicted octanol–water partition coefficient (Wildman–Crippen LogP) is 3.63. The minimum atomic E-state index is 0.973. The maximum atomic E-state index is 4.25. The molecule has 0 N–H and O–H groups in total. The number of fused-ring (bicyclic) bond motifs is 1. The topological polar surface area (TPSA) is 3.24 Å². The summed E-state index contributed by atoms with van der Waals surface area (Å²) in [5.74, 6) is 0.973. The Bertz CT molecular complexity index is 495. The highest BCUT2D eigenvalue weighted by Gasteiger charge is 2.00. The third-order valence-electron chi connectivity index (χ3n) is 3.29. The molecule has 0 amide bonds. The molecule has 2 aromatic carbocycles. The molecule has 0 aromatic heterocycles. The summed E-state index contributed by atoms with van der Waals surface area (Å²) < 4.78 is 0. The molecule has 2 rings (SSSR count). The maximum absolute atomic E-state index is 4.25. The Balaban J connectivity index is 1.95. The number of rotatable bonds is 6. The number of hydrogen-bond acceptors (Lipinski definition) is 2. The quantitative estimate of drug-likeness (QED) is 0.775. The summed E-state index contributed by atoms with van der Waals surface area (Å²) in [4.78, 5) is 2.38. The Morgan fingerprint density at radius 3 is 2.56 bits per heavy atom. The van der Waals surface area contributed by atoms with E-state index >= 15 is 0 Å². The summed E-state index contributed by atoms with van der Waals surface area (Å²) in [6.07, 6.45) is 2.28. The van der Waals surface area contributed by atoms with Gasteiger partial charge in [-0.1, -0.05) is 42.5 Å². The highest BCUT2D eigenvalue weighted by Crippen LogP contribution is 2.16. The first-order valence-electron chi connectivity index (χ1n) is 6.56. The average molecular weight is 259 g/mol. The van der Waals surface area contributed by atoms with Crippen LogP contribution < -0.4 is 0 Å². The molecule has 1 nitrogen and oxygen atoms in total. The number of likely N-dealkylation sites (N-methyl/N-ethyl adjacent to an activating group) is 1. The number of hydrogen-bond donors (Lipinski definition) is 1. The third-order valence-corrected chi connectivity index (χ3v) is 3.61. The molecule has 0 spiro atoms. The fourth-order valence-corrected chi connectivity index (χ4v) is 2.31. The van der Waals surface area contributed by atoms with Crippen LogP contribution in [0.4, 0.5) is 0 Å². The molecule has 0 radical (unpaired) electrons. The number of thiol groups is 1. The standard InChI is InChI=1S/C16H21NS/c1-17(10-4-12-18)11-9-14-7-8-15-5-2-3-6-16(15)13-14/h2-3,5-8,13,18H,4,9-12H2,1H3. The Morgan fingerprint density at radius 1 is 1.00 bits per heavy atom. The number of benzene rings is 2. The lowest BCUT2D eigenvalue weighted by Crippen LogP contribution is -2.22. The molecule has 0 heterocycles. The van der Waals surface area contributed by atoms with Gasteiger partial charge >= 0.3 is 0 Å². The fourth-order valence-electron chi connectivity index (χ4n) is 2.17. The van der Waals surface area contributed by atoms with Crippen molar-refractivity contribution in [2.45, 2.75) is 12.8 Å². The second-order valence-electron chi connectivity index (χ2n) is 4.81. The SMILES string of the molecule is CN(CCCS)CCc1ccc2ccccc2c1. The van der Waals surface area contributed by atoms with Crippen molar-refractivity contribution in [2.24, 2.45) is 0 Å². The lowest BCUT2D eigenvalue weighted by atomic mass is 10.1. The summed E-state index contributed by atoms with van der Waals surface area (Å²) in [5.41, 5.74) is 1.42. The number of nitrogens with zero attached hydrogens (tertiary/aromatic N) is 1. The van der Waals surface area contributed by atoms with Crippen LogP contribution in [0.15, 0.2) is 42.5 Å². The predicted molar refractivity (Wildman–Crippen MR) is 83.6 cm³/mol. The minimum Gasteiger partial charge on any atom is -0.306 e. The molecule has 0 aliphatic rings. The fraction of sp³-hybridized carbons (Fsp3) is 0.375. The zero-order valence-corrected chi connectivity index (χ0v) is 11.9. The first-order chi connectivity index (χ1) is 8.79. The van der Waals surface area contributed by atoms with E-state index < -0.39 is 0 Å². The van der Waals surface area contributed by atoms with Gasteiger partial charge in [0, 0.05) is 6.54 Å². The van der Waals surface area contributed by atoms with Crippen molar-refractivity contribution in [2.75, 3.05) is 25.9 Å². The van der Waals surface area contributed by atoms with Crippen molar-refractivity contribution in [1.29, 1.82) is 0 Å². The van der Waals surface area contributed by atoms with Crippen molar-refractivity contribution in [3.63, 3.8) is 0 Å². The Kier molecular flexibility index (Phi) is 5.09. The molecule has 0 aliphatic carbocycles. The van der Waals surface area contributed by atoms with Crippen LogP contribution in [0.1, 0.15) is 12.0 Å². The van der Waals surface area contributed by atoms with Gasteiger partial charge in [0.25, 0.3) is 0 Å². The molecule has 0 saturated heterocycles. The summed E-state index contributed by atoms with van der Waals surface area (Å²) >= 11 is 4.25. The molecule has 96 valence electrons. The van der Waals surface area contributed by atoms with Crippen LogP contribution >= 0.6 is 12.6 Å². The summed E-state index contributed by atoms with van der Waals surface area (Å²) in [5, 5.41) is 2.66. The van der Waals surface area contributed by atoms with Gasteiger partial charge in [0.2, 0.25) is 0 Å². The molecule has 0 saturated carbocycles. The van der Waals surface area contributed by atoms with Gasteiger partial charge in [-0.3, -0.25) is 0 Å². The van der Waals surface area contributed by atoms with E-state index in [2.05, 4.69) is 67.0 Å². The van der Waals surface area contributed by atoms with Crippen molar-refractivity contribution >= 4 is 23.4 Å². The molecule has 2 aromatic rings. The van der Waals surface area contributed by atoms with E-state index in [9.17, 15) is 0 Å². The molecular formula is C16H21NS. The normalized spacial score (nSPS) is 11.3. The lowest BCUT2D eigenvalue weighted by molar-refractivity contribution is 0.340. The van der Waals surface area contributed by atoms with Gasteiger partial charge in [0.15, 0.2) is 0 Å². The second-order valence-corrected chi connectivity index (χ2v) is 5.26. The van der Waals surface area contributed by atoms with Crippen LogP contribution in [0.25, 0.3) is 10.8 Å². The Hall–Kier alpha value is -0.990. The monoisotopic (exact) mass is 259 g/mol. The molecule has 0 bridgehead atoms. The second kappa shape index (κ2) is 6.81. The molecule has 0 unspecified atom stereocenters. The summed E-state index contributed by atoms with van der Waals surface area (Å²) in [7, 11) is 2.19. The van der Waals surface area contributed by atoms with Crippen molar-refractivity contribution in [3.8, 4) is 0 Å². The van der Waals surface area contributed by atoms with E-state index in [0.29, 0.717) is 0 Å². The van der Waals surface area contributed by atoms with E-state index in [-0.39, 0.29) is 0 Å². The molecule has 18 heavy (non-hydrogen) atoms. The maximum Gasteiger partial charge on any atom is 0.00188 e. The van der Waals surface area contributed by atoms with Gasteiger partial charge in [-0.05, 0) is 48.5 Å². The molecule has 0 aliphatic heterocycles. The Morgan fingerprint density at radius 2 is 1.78 bits per heavy atom. The highest BCUT2D eigenvalue weighted by atomic mass is 32.1. The van der Waals surface area contributed by atoms with Crippen LogP contribution in [0.5, 0.6) is 0 Å². The third kappa shape index (κ3) is 3.76. The van der Waals surface area contributed by atoms with E-state index in [1.165, 1.54) is 16.3 Å². The van der Waals surface area contributed by atoms with Gasteiger partial charge in [0.05, 0.1) is 0 Å². The largest absolute Gasteiger partial charge is 0.306 e. The van der Waals surface area contributed by atoms with Gasteiger partial charge in [-0.15, -0.1) is 0 Å². The van der Waals surface area contributed by atoms with E-state index in [1.54, 1.807) is 0 Å². The first kappa shape index (κ1) is 13.4. The van der Waals surface area contributed by atoms with E-state index in [1.807, 2.05) is 0 Å². The molecule has 0 fully saturated rings. The van der Waals surface area contributed by atoms with Crippen LogP contribution in [-0.2, 0) is 6.42 Å². The van der Waals surface area contributed by atoms with Crippen LogP contribution in [0, 0.1) is 0 Å². The van der Waals surface area contributed by atoms with Crippen molar-refractivity contribution in [1.82, 2.24) is 4.90 Å². The van der Waals surface area contributed by atoms with Gasteiger partial charge in [0.1, 0.15) is 0 Å². The molecular weight excluding hydrogens is 238 g/mol. The lowest BCUT2D eigenvalue weighted by Gasteiger charge is -2.15. The van der Waals surface area contributed by atoms with E-state index in [0.717, 1.165) is 31.7 Å². The average Bonchev–Trinajstić information content (AvgIpc) is 2.42. The summed E-state index contributed by atoms with van der Waals surface area (Å²) in [6, 6.07) is 15.3. The zero-order valence-electron chi connectivity index (χ0n) is 11.0. The van der Waals surface area contributed by atoms with E-state index in [4.69, 9.17) is 0 Å². The molecule has 0 atom stereocenters. The van der Waals surface area contributed by atoms with Crippen molar-refractivity contribution < 1.29 is 0 Å². The van der Waals surface area contributed by atoms with Crippen LogP contribution in [-0.4, -0.2) is 30.8 Å². The summed E-state index contributed by atoms with van der Waals surface area (Å²) in [6.45, 7) is 2.25. The van der Waals surface area contributed by atoms with Gasteiger partial charge in [-0.25, -0.2) is 0 Å². The zero-order chi connectivity index (χ0) is 12.8. The van der Waals surface area contributed by atoms with Crippen molar-refractivity contribution in [3.05, 3.63) is 48.0 Å². The minimum absolute atomic E-state index is 0.973. The van der Waals surface area contributed by atoms with Gasteiger partial charge < -0.3 is 4.90 Å². The molecule has 2 heteroatoms. The van der Waals surface area contributed by atoms with Crippen LogP contribution in [0.2, 0.25) is 0 Å².